The molecule has 1 aromatic heterocycles. The number of nitrogens with one attached hydrogen (secondary N) is 1. The van der Waals surface area contributed by atoms with E-state index in [1.54, 1.807) is 18.3 Å². The van der Waals surface area contributed by atoms with Gasteiger partial charge in [-0.1, -0.05) is 24.6 Å². The maximum Gasteiger partial charge on any atom is 0.129 e. The van der Waals surface area contributed by atoms with E-state index in [9.17, 15) is 8.78 Å². The van der Waals surface area contributed by atoms with Gasteiger partial charge in [0.2, 0.25) is 0 Å². The van der Waals surface area contributed by atoms with Gasteiger partial charge in [0.25, 0.3) is 0 Å². The van der Waals surface area contributed by atoms with Crippen LogP contribution in [-0.4, -0.2) is 11.5 Å². The van der Waals surface area contributed by atoms with E-state index < -0.39 is 11.6 Å². The van der Waals surface area contributed by atoms with Crippen molar-refractivity contribution in [1.82, 2.24) is 10.3 Å². The molecule has 0 saturated heterocycles. The maximum atomic E-state index is 13.8. The lowest BCUT2D eigenvalue weighted by atomic mass is 10.0. The van der Waals surface area contributed by atoms with Crippen LogP contribution in [0.3, 0.4) is 0 Å². The number of hydrogen-bond acceptors (Lipinski definition) is 2. The summed E-state index contributed by atoms with van der Waals surface area (Å²) in [5.41, 5.74) is 0.656. The predicted molar refractivity (Wildman–Crippen MR) is 80.3 cm³/mol. The quantitative estimate of drug-likeness (QED) is 0.860. The summed E-state index contributed by atoms with van der Waals surface area (Å²) in [7, 11) is 0. The zero-order chi connectivity index (χ0) is 15.2. The summed E-state index contributed by atoms with van der Waals surface area (Å²) >= 11 is 6.15. The average Bonchev–Trinajstić information content (AvgIpc) is 2.47. The summed E-state index contributed by atoms with van der Waals surface area (Å²) in [6.07, 6.45) is 2.69. The number of pyridine rings is 1. The molecule has 1 atom stereocenters. The molecule has 0 aliphatic rings. The van der Waals surface area contributed by atoms with E-state index in [0.29, 0.717) is 17.3 Å². The molecule has 0 radical (unpaired) electrons. The van der Waals surface area contributed by atoms with Crippen LogP contribution in [0.2, 0.25) is 5.02 Å². The highest BCUT2D eigenvalue weighted by molar-refractivity contribution is 6.31. The van der Waals surface area contributed by atoms with Crippen molar-refractivity contribution in [3.05, 3.63) is 64.4 Å². The van der Waals surface area contributed by atoms with Crippen molar-refractivity contribution in [2.24, 2.45) is 0 Å². The van der Waals surface area contributed by atoms with E-state index in [4.69, 9.17) is 11.6 Å². The molecule has 1 N–H and O–H groups in total. The number of hydrogen-bond donors (Lipinski definition) is 1. The number of benzene rings is 1. The third-order valence-electron chi connectivity index (χ3n) is 3.23. The summed E-state index contributed by atoms with van der Waals surface area (Å²) in [6.45, 7) is 2.74. The summed E-state index contributed by atoms with van der Waals surface area (Å²) in [4.78, 5) is 4.25. The molecule has 0 bridgehead atoms. The highest BCUT2D eigenvalue weighted by Gasteiger charge is 2.20. The third-order valence-corrected chi connectivity index (χ3v) is 3.55. The first-order chi connectivity index (χ1) is 10.1. The molecule has 21 heavy (non-hydrogen) atoms. The van der Waals surface area contributed by atoms with Crippen LogP contribution in [-0.2, 0) is 6.42 Å². The van der Waals surface area contributed by atoms with E-state index in [0.717, 1.165) is 6.42 Å². The van der Waals surface area contributed by atoms with Gasteiger partial charge in [0.1, 0.15) is 11.6 Å². The van der Waals surface area contributed by atoms with Crippen molar-refractivity contribution in [2.75, 3.05) is 6.54 Å². The van der Waals surface area contributed by atoms with E-state index in [-0.39, 0.29) is 18.0 Å². The fraction of sp³-hybridized carbons (Fsp3) is 0.312. The van der Waals surface area contributed by atoms with Crippen LogP contribution in [0.15, 0.2) is 36.5 Å². The lowest BCUT2D eigenvalue weighted by molar-refractivity contribution is 0.483. The normalized spacial score (nSPS) is 12.4. The van der Waals surface area contributed by atoms with Crippen LogP contribution in [0, 0.1) is 11.6 Å². The largest absolute Gasteiger partial charge is 0.308 e. The molecule has 0 saturated carbocycles. The summed E-state index contributed by atoms with van der Waals surface area (Å²) in [6, 6.07) is 7.00. The monoisotopic (exact) mass is 310 g/mol. The molecule has 1 aromatic carbocycles. The number of halogens is 3. The molecule has 2 rings (SSSR count). The lowest BCUT2D eigenvalue weighted by Crippen LogP contribution is -2.26. The van der Waals surface area contributed by atoms with Gasteiger partial charge in [-0.2, -0.15) is 0 Å². The number of aromatic nitrogens is 1. The van der Waals surface area contributed by atoms with E-state index in [1.807, 2.05) is 6.92 Å². The Morgan fingerprint density at radius 3 is 2.52 bits per heavy atom. The molecule has 2 nitrogen and oxygen atoms in total. The Morgan fingerprint density at radius 2 is 1.90 bits per heavy atom. The second-order valence-corrected chi connectivity index (χ2v) is 5.19. The van der Waals surface area contributed by atoms with Gasteiger partial charge in [0.15, 0.2) is 0 Å². The third kappa shape index (κ3) is 3.99. The van der Waals surface area contributed by atoms with Gasteiger partial charge in [-0.25, -0.2) is 8.78 Å². The van der Waals surface area contributed by atoms with Crippen LogP contribution in [0.25, 0.3) is 0 Å². The molecule has 0 amide bonds. The van der Waals surface area contributed by atoms with Crippen molar-refractivity contribution in [1.29, 1.82) is 0 Å². The van der Waals surface area contributed by atoms with Crippen LogP contribution >= 0.6 is 11.6 Å². The second kappa shape index (κ2) is 7.48. The Bertz CT molecular complexity index is 584. The Morgan fingerprint density at radius 1 is 1.19 bits per heavy atom. The fourth-order valence-corrected chi connectivity index (χ4v) is 2.42. The maximum absolute atomic E-state index is 13.8. The molecule has 0 aliphatic heterocycles. The highest BCUT2D eigenvalue weighted by atomic mass is 35.5. The Labute approximate surface area is 128 Å². The molecular weight excluding hydrogens is 294 g/mol. The summed E-state index contributed by atoms with van der Waals surface area (Å²) in [5.74, 6) is -1.10. The first-order valence-corrected chi connectivity index (χ1v) is 7.28. The van der Waals surface area contributed by atoms with Gasteiger partial charge in [-0.05, 0) is 43.7 Å². The molecule has 5 heteroatoms. The highest BCUT2D eigenvalue weighted by Crippen LogP contribution is 2.25. The molecule has 112 valence electrons. The minimum absolute atomic E-state index is 0.0489. The SMILES string of the molecule is CCCNC(Cc1c(F)cccc1F)c1ncccc1Cl. The van der Waals surface area contributed by atoms with E-state index in [2.05, 4.69) is 10.3 Å². The first-order valence-electron chi connectivity index (χ1n) is 6.90. The van der Waals surface area contributed by atoms with Gasteiger partial charge in [0.05, 0.1) is 16.8 Å². The van der Waals surface area contributed by atoms with Crippen LogP contribution in [0.4, 0.5) is 8.78 Å². The van der Waals surface area contributed by atoms with E-state index >= 15 is 0 Å². The smallest absolute Gasteiger partial charge is 0.129 e. The molecule has 2 aromatic rings. The Kier molecular flexibility index (Phi) is 5.65. The first kappa shape index (κ1) is 15.9. The lowest BCUT2D eigenvalue weighted by Gasteiger charge is -2.19. The van der Waals surface area contributed by atoms with Gasteiger partial charge in [-0.15, -0.1) is 0 Å². The minimum atomic E-state index is -0.551. The van der Waals surface area contributed by atoms with Gasteiger partial charge < -0.3 is 5.32 Å². The van der Waals surface area contributed by atoms with Crippen molar-refractivity contribution in [3.63, 3.8) is 0 Å². The Hall–Kier alpha value is -1.52. The predicted octanol–water partition coefficient (Wildman–Crippen LogP) is 4.30. The molecular formula is C16H17ClF2N2. The molecule has 0 fully saturated rings. The van der Waals surface area contributed by atoms with E-state index in [1.165, 1.54) is 18.2 Å². The molecule has 0 aliphatic carbocycles. The molecule has 1 heterocycles. The van der Waals surface area contributed by atoms with Crippen LogP contribution in [0.1, 0.15) is 30.6 Å². The minimum Gasteiger partial charge on any atom is -0.308 e. The summed E-state index contributed by atoms with van der Waals surface area (Å²) in [5, 5.41) is 3.74. The second-order valence-electron chi connectivity index (χ2n) is 4.78. The zero-order valence-electron chi connectivity index (χ0n) is 11.7. The van der Waals surface area contributed by atoms with Gasteiger partial charge in [0, 0.05) is 11.8 Å². The number of rotatable bonds is 6. The van der Waals surface area contributed by atoms with Crippen molar-refractivity contribution in [3.8, 4) is 0 Å². The molecule has 1 unspecified atom stereocenters. The van der Waals surface area contributed by atoms with Crippen molar-refractivity contribution in [2.45, 2.75) is 25.8 Å². The van der Waals surface area contributed by atoms with Gasteiger partial charge in [-0.3, -0.25) is 4.98 Å². The van der Waals surface area contributed by atoms with Gasteiger partial charge >= 0.3 is 0 Å². The topological polar surface area (TPSA) is 24.9 Å². The average molecular weight is 311 g/mol. The van der Waals surface area contributed by atoms with Crippen molar-refractivity contribution < 1.29 is 8.78 Å². The zero-order valence-corrected chi connectivity index (χ0v) is 12.5. The van der Waals surface area contributed by atoms with Crippen LogP contribution < -0.4 is 5.32 Å². The fourth-order valence-electron chi connectivity index (χ4n) is 2.17. The van der Waals surface area contributed by atoms with Crippen LogP contribution in [0.5, 0.6) is 0 Å². The Balaban J connectivity index is 2.31. The summed E-state index contributed by atoms with van der Waals surface area (Å²) < 4.78 is 27.7. The van der Waals surface area contributed by atoms with Crippen molar-refractivity contribution >= 4 is 11.6 Å². The number of nitrogens with zero attached hydrogens (tertiary/aromatic N) is 1. The standard InChI is InChI=1S/C16H17ClF2N2/c1-2-8-20-15(16-12(17)5-4-9-21-16)10-11-13(18)6-3-7-14(11)19/h3-7,9,15,20H,2,8,10H2,1H3. The molecule has 0 spiro atoms.